The van der Waals surface area contributed by atoms with E-state index >= 15 is 0 Å². The van der Waals surface area contributed by atoms with Crippen molar-refractivity contribution in [2.45, 2.75) is 31.0 Å². The molecule has 1 rings (SSSR count). The molecule has 0 saturated heterocycles. The van der Waals surface area contributed by atoms with Gasteiger partial charge < -0.3 is 9.73 Å². The molecule has 1 heterocycles. The molecule has 0 radical (unpaired) electrons. The Hall–Kier alpha value is -0.940. The van der Waals surface area contributed by atoms with E-state index in [0.29, 0.717) is 12.3 Å². The first-order valence-electron chi connectivity index (χ1n) is 5.70. The number of hydrogen-bond acceptors (Lipinski definition) is 6. The Kier molecular flexibility index (Phi) is 4.98. The number of sulfonamides is 2. The molecule has 1 aromatic rings. The molecule has 0 spiro atoms. The van der Waals surface area contributed by atoms with Crippen LogP contribution in [-0.4, -0.2) is 35.2 Å². The lowest BCUT2D eigenvalue weighted by molar-refractivity contribution is 0.377. The van der Waals surface area contributed by atoms with Crippen molar-refractivity contribution in [3.05, 3.63) is 17.9 Å². The molecule has 0 aliphatic carbocycles. The highest BCUT2D eigenvalue weighted by atomic mass is 32.2. The average Bonchev–Trinajstić information content (AvgIpc) is 2.60. The molecule has 0 bridgehead atoms. The third-order valence-corrected chi connectivity index (χ3v) is 3.95. The summed E-state index contributed by atoms with van der Waals surface area (Å²) in [6, 6.07) is 2.76. The Labute approximate surface area is 118 Å². The van der Waals surface area contributed by atoms with Gasteiger partial charge in [-0.2, -0.15) is 0 Å². The SMILES string of the molecule is CC(C)(CNCc1ccc(S(N)(=O)=O)o1)NS(C)(=O)=O. The van der Waals surface area contributed by atoms with Gasteiger partial charge in [0.2, 0.25) is 15.1 Å². The summed E-state index contributed by atoms with van der Waals surface area (Å²) in [5.74, 6) is 0.393. The van der Waals surface area contributed by atoms with Crippen molar-refractivity contribution >= 4 is 20.0 Å². The van der Waals surface area contributed by atoms with Crippen LogP contribution < -0.4 is 15.2 Å². The second-order valence-electron chi connectivity index (χ2n) is 5.13. The first-order chi connectivity index (χ1) is 8.89. The summed E-state index contributed by atoms with van der Waals surface area (Å²) in [6.07, 6.45) is 1.08. The molecule has 0 unspecified atom stereocenters. The largest absolute Gasteiger partial charge is 0.447 e. The minimum Gasteiger partial charge on any atom is -0.447 e. The molecular formula is C10H19N3O5S2. The van der Waals surface area contributed by atoms with Crippen molar-refractivity contribution in [2.75, 3.05) is 12.8 Å². The molecule has 1 aromatic heterocycles. The van der Waals surface area contributed by atoms with Crippen molar-refractivity contribution in [2.24, 2.45) is 5.14 Å². The van der Waals surface area contributed by atoms with Crippen LogP contribution in [0, 0.1) is 0 Å². The monoisotopic (exact) mass is 325 g/mol. The molecule has 0 amide bonds. The molecule has 20 heavy (non-hydrogen) atoms. The van der Waals surface area contributed by atoms with E-state index in [-0.39, 0.29) is 11.6 Å². The van der Waals surface area contributed by atoms with Crippen molar-refractivity contribution in [1.29, 1.82) is 0 Å². The average molecular weight is 325 g/mol. The summed E-state index contributed by atoms with van der Waals surface area (Å²) in [7, 11) is -7.15. The molecule has 0 atom stereocenters. The summed E-state index contributed by atoms with van der Waals surface area (Å²) in [4.78, 5) is 0. The third kappa shape index (κ3) is 6.01. The number of primary sulfonamides is 1. The maximum atomic E-state index is 11.2. The second kappa shape index (κ2) is 5.82. The Balaban J connectivity index is 2.55. The van der Waals surface area contributed by atoms with Gasteiger partial charge in [-0.3, -0.25) is 0 Å². The van der Waals surface area contributed by atoms with Crippen LogP contribution in [0.5, 0.6) is 0 Å². The zero-order valence-corrected chi connectivity index (χ0v) is 13.1. The highest BCUT2D eigenvalue weighted by Crippen LogP contribution is 2.12. The minimum atomic E-state index is -3.85. The van der Waals surface area contributed by atoms with Gasteiger partial charge in [-0.25, -0.2) is 26.7 Å². The molecule has 0 aliphatic heterocycles. The zero-order valence-electron chi connectivity index (χ0n) is 11.5. The normalized spacial score (nSPS) is 13.6. The molecular weight excluding hydrogens is 306 g/mol. The van der Waals surface area contributed by atoms with Gasteiger partial charge in [0.05, 0.1) is 12.8 Å². The fraction of sp³-hybridized carbons (Fsp3) is 0.600. The van der Waals surface area contributed by atoms with Crippen molar-refractivity contribution in [3.8, 4) is 0 Å². The summed E-state index contributed by atoms with van der Waals surface area (Å²) in [6.45, 7) is 4.04. The zero-order chi connectivity index (χ0) is 15.6. The van der Waals surface area contributed by atoms with Crippen molar-refractivity contribution in [3.63, 3.8) is 0 Å². The molecule has 116 valence electrons. The predicted octanol–water partition coefficient (Wildman–Crippen LogP) is -0.656. The van der Waals surface area contributed by atoms with Gasteiger partial charge in [0.15, 0.2) is 0 Å². The molecule has 8 nitrogen and oxygen atoms in total. The number of hydrogen-bond donors (Lipinski definition) is 3. The fourth-order valence-electron chi connectivity index (χ4n) is 1.64. The Bertz CT molecular complexity index is 661. The highest BCUT2D eigenvalue weighted by molar-refractivity contribution is 7.89. The quantitative estimate of drug-likeness (QED) is 0.610. The Morgan fingerprint density at radius 3 is 2.30 bits per heavy atom. The fourth-order valence-corrected chi connectivity index (χ4v) is 3.20. The number of nitrogens with two attached hydrogens (primary N) is 1. The van der Waals surface area contributed by atoms with E-state index in [9.17, 15) is 16.8 Å². The Morgan fingerprint density at radius 1 is 1.25 bits per heavy atom. The lowest BCUT2D eigenvalue weighted by Crippen LogP contribution is -2.49. The minimum absolute atomic E-state index is 0.254. The molecule has 4 N–H and O–H groups in total. The summed E-state index contributed by atoms with van der Waals surface area (Å²) >= 11 is 0. The number of rotatable bonds is 7. The van der Waals surface area contributed by atoms with Gasteiger partial charge in [0.1, 0.15) is 5.76 Å². The highest BCUT2D eigenvalue weighted by Gasteiger charge is 2.21. The van der Waals surface area contributed by atoms with E-state index in [4.69, 9.17) is 9.56 Å². The third-order valence-electron chi connectivity index (χ3n) is 2.25. The van der Waals surface area contributed by atoms with Gasteiger partial charge in [0.25, 0.3) is 10.0 Å². The summed E-state index contributed by atoms with van der Waals surface area (Å²) in [5.41, 5.74) is -0.678. The molecule has 0 aromatic carbocycles. The van der Waals surface area contributed by atoms with E-state index in [1.807, 2.05) is 0 Å². The first kappa shape index (κ1) is 17.1. The van der Waals surface area contributed by atoms with Crippen molar-refractivity contribution in [1.82, 2.24) is 10.0 Å². The van der Waals surface area contributed by atoms with Gasteiger partial charge in [-0.15, -0.1) is 0 Å². The Morgan fingerprint density at radius 2 is 1.85 bits per heavy atom. The number of nitrogens with one attached hydrogen (secondary N) is 2. The topological polar surface area (TPSA) is 132 Å². The van der Waals surface area contributed by atoms with Crippen LogP contribution in [0.2, 0.25) is 0 Å². The van der Waals surface area contributed by atoms with E-state index in [1.54, 1.807) is 13.8 Å². The summed E-state index contributed by atoms with van der Waals surface area (Å²) in [5, 5.41) is 7.59. The van der Waals surface area contributed by atoms with E-state index < -0.39 is 25.6 Å². The molecule has 10 heteroatoms. The van der Waals surface area contributed by atoms with Gasteiger partial charge in [0, 0.05) is 12.1 Å². The predicted molar refractivity (Wildman–Crippen MR) is 73.8 cm³/mol. The van der Waals surface area contributed by atoms with E-state index in [2.05, 4.69) is 10.0 Å². The molecule has 0 saturated carbocycles. The maximum Gasteiger partial charge on any atom is 0.271 e. The van der Waals surface area contributed by atoms with Crippen LogP contribution in [0.25, 0.3) is 0 Å². The summed E-state index contributed by atoms with van der Waals surface area (Å²) < 4.78 is 51.9. The lowest BCUT2D eigenvalue weighted by Gasteiger charge is -2.25. The lowest BCUT2D eigenvalue weighted by atomic mass is 10.1. The van der Waals surface area contributed by atoms with E-state index in [0.717, 1.165) is 6.26 Å². The first-order valence-corrected chi connectivity index (χ1v) is 9.14. The van der Waals surface area contributed by atoms with E-state index in [1.165, 1.54) is 12.1 Å². The van der Waals surface area contributed by atoms with Crippen LogP contribution in [-0.2, 0) is 26.6 Å². The van der Waals surface area contributed by atoms with Crippen LogP contribution in [0.15, 0.2) is 21.6 Å². The van der Waals surface area contributed by atoms with Gasteiger partial charge >= 0.3 is 0 Å². The maximum absolute atomic E-state index is 11.2. The smallest absolute Gasteiger partial charge is 0.271 e. The second-order valence-corrected chi connectivity index (χ2v) is 8.37. The van der Waals surface area contributed by atoms with Crippen LogP contribution >= 0.6 is 0 Å². The van der Waals surface area contributed by atoms with Crippen LogP contribution in [0.3, 0.4) is 0 Å². The van der Waals surface area contributed by atoms with Gasteiger partial charge in [-0.05, 0) is 26.0 Å². The molecule has 0 fully saturated rings. The van der Waals surface area contributed by atoms with Crippen molar-refractivity contribution < 1.29 is 21.3 Å². The van der Waals surface area contributed by atoms with Crippen LogP contribution in [0.4, 0.5) is 0 Å². The van der Waals surface area contributed by atoms with Gasteiger partial charge in [-0.1, -0.05) is 0 Å². The standard InChI is InChI=1S/C10H19N3O5S2/c1-10(2,13-19(3,14)15)7-12-6-8-4-5-9(18-8)20(11,16)17/h4-5,12-13H,6-7H2,1-3H3,(H2,11,16,17). The number of furan rings is 1. The van der Waals surface area contributed by atoms with Crippen LogP contribution in [0.1, 0.15) is 19.6 Å². The molecule has 0 aliphatic rings.